The first-order chi connectivity index (χ1) is 9.16. The summed E-state index contributed by atoms with van der Waals surface area (Å²) in [6, 6.07) is 5.70. The molecule has 1 aromatic rings. The first kappa shape index (κ1) is 13.1. The first-order valence-corrected chi connectivity index (χ1v) is 7.70. The normalized spacial score (nSPS) is 33.2. The molecular formula is C15H20O3S. The van der Waals surface area contributed by atoms with Crippen LogP contribution >= 0.6 is 11.8 Å². The van der Waals surface area contributed by atoms with Gasteiger partial charge in [-0.05, 0) is 37.8 Å². The lowest BCUT2D eigenvalue weighted by Crippen LogP contribution is -2.35. The Morgan fingerprint density at radius 1 is 1.11 bits per heavy atom. The summed E-state index contributed by atoms with van der Waals surface area (Å²) in [6.45, 7) is 0. The zero-order valence-corrected chi connectivity index (χ0v) is 12.2. The van der Waals surface area contributed by atoms with E-state index in [1.54, 1.807) is 14.2 Å². The van der Waals surface area contributed by atoms with Gasteiger partial charge in [0, 0.05) is 10.5 Å². The summed E-state index contributed by atoms with van der Waals surface area (Å²) in [5.74, 6) is 1.46. The van der Waals surface area contributed by atoms with Crippen LogP contribution in [0.2, 0.25) is 0 Å². The van der Waals surface area contributed by atoms with E-state index in [0.29, 0.717) is 10.5 Å². The van der Waals surface area contributed by atoms with E-state index in [0.717, 1.165) is 29.9 Å². The van der Waals surface area contributed by atoms with Crippen LogP contribution < -0.4 is 9.47 Å². The Balaban J connectivity index is 2.05. The molecule has 2 saturated heterocycles. The van der Waals surface area contributed by atoms with E-state index in [1.165, 1.54) is 12.8 Å². The number of ether oxygens (including phenoxy) is 2. The van der Waals surface area contributed by atoms with E-state index in [4.69, 9.17) is 9.47 Å². The number of rotatable bonds is 3. The van der Waals surface area contributed by atoms with Gasteiger partial charge in [-0.2, -0.15) is 11.8 Å². The van der Waals surface area contributed by atoms with Crippen molar-refractivity contribution >= 4 is 11.8 Å². The number of thioether (sulfide) groups is 1. The molecule has 2 aliphatic heterocycles. The molecule has 0 saturated carbocycles. The molecule has 0 aliphatic carbocycles. The highest BCUT2D eigenvalue weighted by Gasteiger charge is 2.46. The standard InChI is InChI=1S/C15H20O3S/c1-17-12-4-3-5-13(18-2)14(12)15(16)8-10-6-7-11(9-15)19-10/h3-5,10-11,16H,6-9H2,1-2H3. The second-order valence-corrected chi connectivity index (χ2v) is 7.04. The van der Waals surface area contributed by atoms with Crippen molar-refractivity contribution in [2.45, 2.75) is 41.8 Å². The Labute approximate surface area is 118 Å². The summed E-state index contributed by atoms with van der Waals surface area (Å²) < 4.78 is 10.9. The minimum Gasteiger partial charge on any atom is -0.496 e. The van der Waals surface area contributed by atoms with Gasteiger partial charge in [0.1, 0.15) is 11.5 Å². The van der Waals surface area contributed by atoms with Gasteiger partial charge in [-0.1, -0.05) is 6.07 Å². The molecule has 3 rings (SSSR count). The fourth-order valence-corrected chi connectivity index (χ4v) is 5.26. The van der Waals surface area contributed by atoms with E-state index < -0.39 is 5.60 Å². The molecule has 0 amide bonds. The molecule has 2 unspecified atom stereocenters. The SMILES string of the molecule is COc1cccc(OC)c1C1(O)CC2CCC(C1)S2. The number of methoxy groups -OCH3 is 2. The van der Waals surface area contributed by atoms with E-state index in [2.05, 4.69) is 0 Å². The lowest BCUT2D eigenvalue weighted by atomic mass is 9.84. The topological polar surface area (TPSA) is 38.7 Å². The third-order valence-corrected chi connectivity index (χ3v) is 5.79. The minimum atomic E-state index is -0.810. The molecule has 104 valence electrons. The maximum atomic E-state index is 11.2. The van der Waals surface area contributed by atoms with Crippen molar-refractivity contribution in [3.63, 3.8) is 0 Å². The highest BCUT2D eigenvalue weighted by atomic mass is 32.2. The van der Waals surface area contributed by atoms with Gasteiger partial charge in [0.05, 0.1) is 25.4 Å². The van der Waals surface area contributed by atoms with Gasteiger partial charge in [0.15, 0.2) is 0 Å². The van der Waals surface area contributed by atoms with Crippen LogP contribution in [0.25, 0.3) is 0 Å². The van der Waals surface area contributed by atoms with Crippen molar-refractivity contribution in [1.82, 2.24) is 0 Å². The highest BCUT2D eigenvalue weighted by molar-refractivity contribution is 8.00. The zero-order valence-electron chi connectivity index (χ0n) is 11.4. The van der Waals surface area contributed by atoms with Gasteiger partial charge in [-0.3, -0.25) is 0 Å². The van der Waals surface area contributed by atoms with Crippen molar-refractivity contribution in [2.75, 3.05) is 14.2 Å². The van der Waals surface area contributed by atoms with Crippen molar-refractivity contribution in [3.8, 4) is 11.5 Å². The average Bonchev–Trinajstić information content (AvgIpc) is 2.77. The molecule has 0 aromatic heterocycles. The molecule has 1 N–H and O–H groups in total. The van der Waals surface area contributed by atoms with E-state index in [9.17, 15) is 5.11 Å². The highest BCUT2D eigenvalue weighted by Crippen LogP contribution is 2.54. The Morgan fingerprint density at radius 2 is 1.63 bits per heavy atom. The number of hydrogen-bond donors (Lipinski definition) is 1. The van der Waals surface area contributed by atoms with Gasteiger partial charge in [0.25, 0.3) is 0 Å². The number of aliphatic hydroxyl groups is 1. The second-order valence-electron chi connectivity index (χ2n) is 5.43. The quantitative estimate of drug-likeness (QED) is 0.924. The van der Waals surface area contributed by atoms with Gasteiger partial charge < -0.3 is 14.6 Å². The van der Waals surface area contributed by atoms with Crippen LogP contribution in [-0.4, -0.2) is 29.8 Å². The van der Waals surface area contributed by atoms with Crippen LogP contribution in [0.1, 0.15) is 31.2 Å². The van der Waals surface area contributed by atoms with Crippen molar-refractivity contribution in [3.05, 3.63) is 23.8 Å². The van der Waals surface area contributed by atoms with Crippen molar-refractivity contribution in [2.24, 2.45) is 0 Å². The second kappa shape index (κ2) is 4.91. The van der Waals surface area contributed by atoms with Gasteiger partial charge in [-0.15, -0.1) is 0 Å². The third-order valence-electron chi connectivity index (χ3n) is 4.22. The van der Waals surface area contributed by atoms with Crippen LogP contribution in [0.3, 0.4) is 0 Å². The third kappa shape index (κ3) is 2.21. The summed E-state index contributed by atoms with van der Waals surface area (Å²) in [6.07, 6.45) is 4.03. The Bertz CT molecular complexity index is 440. The zero-order chi connectivity index (χ0) is 13.5. The van der Waals surface area contributed by atoms with Gasteiger partial charge in [0.2, 0.25) is 0 Å². The molecule has 2 bridgehead atoms. The maximum Gasteiger partial charge on any atom is 0.128 e. The Morgan fingerprint density at radius 3 is 2.11 bits per heavy atom. The predicted molar refractivity (Wildman–Crippen MR) is 77.1 cm³/mol. The molecule has 2 atom stereocenters. The monoisotopic (exact) mass is 280 g/mol. The van der Waals surface area contributed by atoms with Crippen LogP contribution in [0.15, 0.2) is 18.2 Å². The number of benzene rings is 1. The first-order valence-electron chi connectivity index (χ1n) is 6.75. The Hall–Kier alpha value is -0.870. The molecular weight excluding hydrogens is 260 g/mol. The fourth-order valence-electron chi connectivity index (χ4n) is 3.43. The summed E-state index contributed by atoms with van der Waals surface area (Å²) in [5.41, 5.74) is 0.0203. The molecule has 1 aromatic carbocycles. The maximum absolute atomic E-state index is 11.2. The van der Waals surface area contributed by atoms with Gasteiger partial charge in [-0.25, -0.2) is 0 Å². The van der Waals surface area contributed by atoms with Crippen molar-refractivity contribution < 1.29 is 14.6 Å². The summed E-state index contributed by atoms with van der Waals surface area (Å²) in [4.78, 5) is 0. The smallest absolute Gasteiger partial charge is 0.128 e. The Kier molecular flexibility index (Phi) is 3.39. The number of fused-ring (bicyclic) bond motifs is 2. The van der Waals surface area contributed by atoms with Crippen LogP contribution in [0, 0.1) is 0 Å². The summed E-state index contributed by atoms with van der Waals surface area (Å²) in [5, 5.41) is 12.3. The molecule has 3 nitrogen and oxygen atoms in total. The summed E-state index contributed by atoms with van der Waals surface area (Å²) >= 11 is 2.03. The van der Waals surface area contributed by atoms with E-state index in [-0.39, 0.29) is 0 Å². The molecule has 0 radical (unpaired) electrons. The average molecular weight is 280 g/mol. The molecule has 2 fully saturated rings. The molecule has 0 spiro atoms. The molecule has 2 aliphatic rings. The van der Waals surface area contributed by atoms with Crippen LogP contribution in [-0.2, 0) is 5.60 Å². The largest absolute Gasteiger partial charge is 0.496 e. The number of hydrogen-bond acceptors (Lipinski definition) is 4. The summed E-state index contributed by atoms with van der Waals surface area (Å²) in [7, 11) is 3.29. The van der Waals surface area contributed by atoms with E-state index in [1.807, 2.05) is 30.0 Å². The van der Waals surface area contributed by atoms with Crippen molar-refractivity contribution in [1.29, 1.82) is 0 Å². The fraction of sp³-hybridized carbons (Fsp3) is 0.600. The van der Waals surface area contributed by atoms with Crippen LogP contribution in [0.4, 0.5) is 0 Å². The molecule has 19 heavy (non-hydrogen) atoms. The predicted octanol–water partition coefficient (Wildman–Crippen LogP) is 2.95. The lowest BCUT2D eigenvalue weighted by molar-refractivity contribution is 0.0152. The minimum absolute atomic E-state index is 0.568. The molecule has 4 heteroatoms. The van der Waals surface area contributed by atoms with Crippen LogP contribution in [0.5, 0.6) is 11.5 Å². The lowest BCUT2D eigenvalue weighted by Gasteiger charge is -2.37. The van der Waals surface area contributed by atoms with Gasteiger partial charge >= 0.3 is 0 Å². The molecule has 2 heterocycles. The van der Waals surface area contributed by atoms with E-state index >= 15 is 0 Å².